The molecule has 1 N–H and O–H groups in total. The molecule has 142 valence electrons. The average molecular weight is 412 g/mol. The van der Waals surface area contributed by atoms with Gasteiger partial charge in [-0.25, -0.2) is 4.79 Å². The summed E-state index contributed by atoms with van der Waals surface area (Å²) in [4.78, 5) is 26.6. The van der Waals surface area contributed by atoms with Crippen molar-refractivity contribution in [3.8, 4) is 10.4 Å². The van der Waals surface area contributed by atoms with Crippen molar-refractivity contribution in [2.24, 2.45) is 0 Å². The molecule has 2 aromatic carbocycles. The Morgan fingerprint density at radius 2 is 1.82 bits per heavy atom. The maximum atomic E-state index is 12.1. The van der Waals surface area contributed by atoms with Crippen LogP contribution in [-0.4, -0.2) is 23.0 Å². The van der Waals surface area contributed by atoms with Crippen molar-refractivity contribution >= 4 is 41.0 Å². The number of carboxylic acid groups (broad SMARTS) is 1. The molecule has 0 bridgehead atoms. The molecule has 6 heteroatoms. The highest BCUT2D eigenvalue weighted by Gasteiger charge is 2.49. The molecule has 28 heavy (non-hydrogen) atoms. The van der Waals surface area contributed by atoms with Gasteiger partial charge in [-0.2, -0.15) is 0 Å². The first-order chi connectivity index (χ1) is 13.5. The van der Waals surface area contributed by atoms with Crippen LogP contribution < -0.4 is 4.90 Å². The van der Waals surface area contributed by atoms with Crippen LogP contribution in [0.5, 0.6) is 0 Å². The molecular weight excluding hydrogens is 394 g/mol. The highest BCUT2D eigenvalue weighted by Crippen LogP contribution is 2.49. The number of amides is 1. The van der Waals surface area contributed by atoms with Crippen molar-refractivity contribution < 1.29 is 14.7 Å². The molecule has 1 amide bonds. The van der Waals surface area contributed by atoms with Crippen LogP contribution in [0.2, 0.25) is 5.02 Å². The van der Waals surface area contributed by atoms with E-state index < -0.39 is 11.5 Å². The van der Waals surface area contributed by atoms with Crippen LogP contribution in [0.15, 0.2) is 60.7 Å². The van der Waals surface area contributed by atoms with Crippen molar-refractivity contribution in [2.75, 3.05) is 4.90 Å². The zero-order valence-electron chi connectivity index (χ0n) is 15.0. The first-order valence-electron chi connectivity index (χ1n) is 8.95. The lowest BCUT2D eigenvalue weighted by molar-refractivity contribution is -0.108. The Bertz CT molecular complexity index is 1030. The lowest BCUT2D eigenvalue weighted by Gasteiger charge is -2.28. The third-order valence-corrected chi connectivity index (χ3v) is 6.68. The second-order valence-electron chi connectivity index (χ2n) is 6.96. The molecule has 1 aliphatic carbocycles. The van der Waals surface area contributed by atoms with Gasteiger partial charge in [0, 0.05) is 9.90 Å². The molecule has 0 saturated heterocycles. The Hall–Kier alpha value is -2.63. The lowest BCUT2D eigenvalue weighted by Crippen LogP contribution is -2.38. The predicted octanol–water partition coefficient (Wildman–Crippen LogP) is 5.50. The fraction of sp³-hybridized carbons (Fsp3) is 0.182. The van der Waals surface area contributed by atoms with Crippen molar-refractivity contribution in [3.63, 3.8) is 0 Å². The fourth-order valence-electron chi connectivity index (χ4n) is 3.53. The third kappa shape index (κ3) is 3.43. The Balaban J connectivity index is 1.74. The van der Waals surface area contributed by atoms with Crippen molar-refractivity contribution in [1.82, 2.24) is 0 Å². The number of carbonyl (C=O) groups is 2. The van der Waals surface area contributed by atoms with Gasteiger partial charge in [-0.3, -0.25) is 4.79 Å². The van der Waals surface area contributed by atoms with E-state index >= 15 is 0 Å². The summed E-state index contributed by atoms with van der Waals surface area (Å²) >= 11 is 7.51. The second-order valence-corrected chi connectivity index (χ2v) is 8.42. The van der Waals surface area contributed by atoms with E-state index in [1.54, 1.807) is 4.90 Å². The van der Waals surface area contributed by atoms with Gasteiger partial charge in [-0.15, -0.1) is 11.3 Å². The number of anilines is 1. The summed E-state index contributed by atoms with van der Waals surface area (Å²) in [6.45, 7) is 0. The predicted molar refractivity (Wildman–Crippen MR) is 112 cm³/mol. The van der Waals surface area contributed by atoms with Gasteiger partial charge in [0.1, 0.15) is 4.88 Å². The highest BCUT2D eigenvalue weighted by atomic mass is 35.5. The Morgan fingerprint density at radius 1 is 1.14 bits per heavy atom. The van der Waals surface area contributed by atoms with Crippen molar-refractivity contribution in [1.29, 1.82) is 0 Å². The maximum absolute atomic E-state index is 12.1. The quantitative estimate of drug-likeness (QED) is 0.522. The monoisotopic (exact) mass is 411 g/mol. The van der Waals surface area contributed by atoms with Crippen LogP contribution in [0, 0.1) is 0 Å². The second kappa shape index (κ2) is 7.41. The van der Waals surface area contributed by atoms with Gasteiger partial charge in [0.25, 0.3) is 0 Å². The minimum atomic E-state index is -1.03. The molecule has 0 unspecified atom stereocenters. The molecule has 1 aromatic heterocycles. The van der Waals surface area contributed by atoms with E-state index in [9.17, 15) is 14.7 Å². The molecule has 4 nitrogen and oxygen atoms in total. The molecule has 0 aliphatic heterocycles. The summed E-state index contributed by atoms with van der Waals surface area (Å²) in [6, 6.07) is 19.0. The maximum Gasteiger partial charge on any atom is 0.348 e. The van der Waals surface area contributed by atoms with Gasteiger partial charge < -0.3 is 10.0 Å². The normalized spacial score (nSPS) is 14.5. The number of thiophene rings is 1. The van der Waals surface area contributed by atoms with Crippen LogP contribution in [0.1, 0.15) is 28.1 Å². The molecular formula is C22H18ClNO3S. The van der Waals surface area contributed by atoms with Crippen LogP contribution in [-0.2, 0) is 11.2 Å². The van der Waals surface area contributed by atoms with E-state index in [4.69, 9.17) is 11.6 Å². The molecule has 3 aromatic rings. The van der Waals surface area contributed by atoms with Crippen LogP contribution in [0.4, 0.5) is 5.69 Å². The zero-order chi connectivity index (χ0) is 19.7. The topological polar surface area (TPSA) is 57.6 Å². The van der Waals surface area contributed by atoms with Gasteiger partial charge in [0.15, 0.2) is 0 Å². The lowest BCUT2D eigenvalue weighted by atomic mass is 10.0. The van der Waals surface area contributed by atoms with Gasteiger partial charge in [-0.05, 0) is 42.5 Å². The Kier molecular flexibility index (Phi) is 4.96. The summed E-state index contributed by atoms with van der Waals surface area (Å²) in [5, 5.41) is 10.4. The average Bonchev–Trinajstić information content (AvgIpc) is 3.33. The molecule has 1 aliphatic rings. The van der Waals surface area contributed by atoms with E-state index in [0.717, 1.165) is 35.3 Å². The number of benzene rings is 2. The molecule has 4 rings (SSSR count). The number of nitrogens with zero attached hydrogens (tertiary/aromatic N) is 1. The third-order valence-electron chi connectivity index (χ3n) is 5.15. The molecule has 1 fully saturated rings. The SMILES string of the molecule is O=CN(c1cc(-c2ccccc2)sc1C(=O)O)C1(Cc2ccccc2Cl)CC1. The van der Waals surface area contributed by atoms with Crippen molar-refractivity contribution in [3.05, 3.63) is 76.1 Å². The number of rotatable bonds is 7. The first kappa shape index (κ1) is 18.7. The Labute approximate surface area is 172 Å². The number of halogens is 1. The Morgan fingerprint density at radius 3 is 2.43 bits per heavy atom. The van der Waals surface area contributed by atoms with E-state index in [1.165, 1.54) is 11.3 Å². The number of carboxylic acids is 1. The summed E-state index contributed by atoms with van der Waals surface area (Å²) in [5.74, 6) is -1.03. The molecule has 1 heterocycles. The minimum Gasteiger partial charge on any atom is -0.477 e. The first-order valence-corrected chi connectivity index (χ1v) is 10.1. The van der Waals surface area contributed by atoms with E-state index in [2.05, 4.69) is 0 Å². The van der Waals surface area contributed by atoms with Crippen LogP contribution >= 0.6 is 22.9 Å². The van der Waals surface area contributed by atoms with Gasteiger partial charge in [0.2, 0.25) is 6.41 Å². The summed E-state index contributed by atoms with van der Waals surface area (Å²) in [5.41, 5.74) is 1.93. The summed E-state index contributed by atoms with van der Waals surface area (Å²) in [6.07, 6.45) is 2.98. The molecule has 1 saturated carbocycles. The van der Waals surface area contributed by atoms with Gasteiger partial charge in [-0.1, -0.05) is 60.1 Å². The molecule has 0 radical (unpaired) electrons. The van der Waals surface area contributed by atoms with Crippen molar-refractivity contribution in [2.45, 2.75) is 24.8 Å². The van der Waals surface area contributed by atoms with Crippen LogP contribution in [0.3, 0.4) is 0 Å². The summed E-state index contributed by atoms with van der Waals surface area (Å²) < 4.78 is 0. The minimum absolute atomic E-state index is 0.177. The smallest absolute Gasteiger partial charge is 0.348 e. The van der Waals surface area contributed by atoms with Crippen LogP contribution in [0.25, 0.3) is 10.4 Å². The molecule has 0 spiro atoms. The number of hydrogen-bond acceptors (Lipinski definition) is 3. The standard InChI is InChI=1S/C22H18ClNO3S/c23-17-9-5-4-8-16(17)13-22(10-11-22)24(14-25)18-12-19(28-20(18)21(26)27)15-6-2-1-3-7-15/h1-9,12,14H,10-11,13H2,(H,26,27). The van der Waals surface area contributed by atoms with Gasteiger partial charge >= 0.3 is 5.97 Å². The number of carbonyl (C=O) groups excluding carboxylic acids is 1. The zero-order valence-corrected chi connectivity index (χ0v) is 16.5. The summed E-state index contributed by atoms with van der Waals surface area (Å²) in [7, 11) is 0. The fourth-order valence-corrected chi connectivity index (χ4v) is 4.72. The number of hydrogen-bond donors (Lipinski definition) is 1. The van der Waals surface area contributed by atoms with Gasteiger partial charge in [0.05, 0.1) is 11.2 Å². The number of aromatic carboxylic acids is 1. The van der Waals surface area contributed by atoms with E-state index in [0.29, 0.717) is 17.1 Å². The molecule has 0 atom stereocenters. The highest BCUT2D eigenvalue weighted by molar-refractivity contribution is 7.18. The largest absolute Gasteiger partial charge is 0.477 e. The van der Waals surface area contributed by atoms with E-state index in [-0.39, 0.29) is 4.88 Å². The van der Waals surface area contributed by atoms with E-state index in [1.807, 2.05) is 60.7 Å².